The molecule has 0 bridgehead atoms. The Morgan fingerprint density at radius 1 is 1.20 bits per heavy atom. The molecule has 0 amide bonds. The van der Waals surface area contributed by atoms with E-state index in [9.17, 15) is 9.18 Å². The van der Waals surface area contributed by atoms with Gasteiger partial charge in [0.1, 0.15) is 24.3 Å². The van der Waals surface area contributed by atoms with E-state index >= 15 is 0 Å². The zero-order chi connectivity index (χ0) is 21.3. The predicted molar refractivity (Wildman–Crippen MR) is 116 cm³/mol. The third-order valence-corrected chi connectivity index (χ3v) is 6.27. The molecule has 30 heavy (non-hydrogen) atoms. The number of rotatable bonds is 5. The van der Waals surface area contributed by atoms with Gasteiger partial charge in [0.05, 0.1) is 11.0 Å². The molecule has 4 rings (SSSR count). The van der Waals surface area contributed by atoms with Crippen molar-refractivity contribution in [2.45, 2.75) is 52.7 Å². The number of nitrogens with zero attached hydrogens (tertiary/aromatic N) is 2. The number of fused-ring (bicyclic) bond motifs is 1. The molecule has 1 saturated carbocycles. The third-order valence-electron chi connectivity index (χ3n) is 6.27. The molecule has 0 aliphatic heterocycles. The van der Waals surface area contributed by atoms with Crippen molar-refractivity contribution < 1.29 is 13.9 Å². The molecule has 0 N–H and O–H groups in total. The topological polar surface area (TPSA) is 44.1 Å². The molecule has 0 spiro atoms. The second kappa shape index (κ2) is 8.58. The van der Waals surface area contributed by atoms with Crippen LogP contribution >= 0.6 is 0 Å². The second-order valence-corrected chi connectivity index (χ2v) is 8.88. The van der Waals surface area contributed by atoms with Crippen molar-refractivity contribution in [2.75, 3.05) is 0 Å². The minimum atomic E-state index is -0.329. The number of esters is 1. The molecule has 3 unspecified atom stereocenters. The summed E-state index contributed by atoms with van der Waals surface area (Å²) in [6, 6.07) is 14.0. The number of carbonyl (C=O) groups excluding carboxylic acids is 1. The van der Waals surface area contributed by atoms with Crippen molar-refractivity contribution in [1.82, 2.24) is 9.55 Å². The average Bonchev–Trinajstić information content (AvgIpc) is 3.06. The van der Waals surface area contributed by atoms with Gasteiger partial charge >= 0.3 is 5.97 Å². The van der Waals surface area contributed by atoms with Crippen molar-refractivity contribution >= 4 is 17.0 Å². The molecule has 2 aromatic carbocycles. The van der Waals surface area contributed by atoms with Crippen LogP contribution < -0.4 is 0 Å². The van der Waals surface area contributed by atoms with Gasteiger partial charge in [-0.25, -0.2) is 9.37 Å². The number of aromatic nitrogens is 2. The summed E-state index contributed by atoms with van der Waals surface area (Å²) < 4.78 is 21.7. The van der Waals surface area contributed by atoms with Crippen LogP contribution in [0.2, 0.25) is 0 Å². The normalized spacial score (nSPS) is 21.8. The van der Waals surface area contributed by atoms with Crippen LogP contribution in [0.1, 0.15) is 40.0 Å². The van der Waals surface area contributed by atoms with E-state index in [0.29, 0.717) is 29.1 Å². The molecule has 1 fully saturated rings. The molecular formula is C25H29FN2O2. The summed E-state index contributed by atoms with van der Waals surface area (Å²) in [4.78, 5) is 17.7. The maximum absolute atomic E-state index is 13.8. The Morgan fingerprint density at radius 2 is 2.00 bits per heavy atom. The number of hydrogen-bond donors (Lipinski definition) is 0. The Bertz CT molecular complexity index is 1040. The van der Waals surface area contributed by atoms with Crippen molar-refractivity contribution in [1.29, 1.82) is 0 Å². The summed E-state index contributed by atoms with van der Waals surface area (Å²) in [5, 5.41) is 0. The highest BCUT2D eigenvalue weighted by Crippen LogP contribution is 2.35. The predicted octanol–water partition coefficient (Wildman–Crippen LogP) is 5.85. The Kier molecular flexibility index (Phi) is 5.89. The van der Waals surface area contributed by atoms with Crippen molar-refractivity contribution in [3.8, 4) is 11.4 Å². The van der Waals surface area contributed by atoms with Gasteiger partial charge in [0, 0.05) is 5.56 Å². The van der Waals surface area contributed by atoms with Gasteiger partial charge in [0.15, 0.2) is 0 Å². The molecule has 4 nitrogen and oxygen atoms in total. The molecule has 0 saturated heterocycles. The van der Waals surface area contributed by atoms with Crippen molar-refractivity contribution in [3.63, 3.8) is 0 Å². The molecule has 1 aliphatic carbocycles. The van der Waals surface area contributed by atoms with Crippen LogP contribution in [0, 0.1) is 23.6 Å². The fourth-order valence-electron chi connectivity index (χ4n) is 4.67. The number of carbonyl (C=O) groups is 1. The first-order chi connectivity index (χ1) is 14.4. The largest absolute Gasteiger partial charge is 0.461 e. The molecule has 0 radical (unpaired) electrons. The standard InChI is InChI=1S/C25H29FN2O2/c1-16(2)20-12-11-17(3)13-23(20)30-24(29)15-28-22-10-5-4-9-21(22)27-25(28)18-7-6-8-19(26)14-18/h4-10,14,16-17,20,23H,11-13,15H2,1-3H3. The fraction of sp³-hybridized carbons (Fsp3) is 0.440. The van der Waals surface area contributed by atoms with Crippen LogP contribution in [-0.4, -0.2) is 21.6 Å². The van der Waals surface area contributed by atoms with Crippen molar-refractivity contribution in [2.24, 2.45) is 17.8 Å². The van der Waals surface area contributed by atoms with E-state index in [2.05, 4.69) is 25.8 Å². The zero-order valence-electron chi connectivity index (χ0n) is 17.8. The first-order valence-electron chi connectivity index (χ1n) is 10.8. The number of imidazole rings is 1. The van der Waals surface area contributed by atoms with Crippen LogP contribution in [0.25, 0.3) is 22.4 Å². The summed E-state index contributed by atoms with van der Waals surface area (Å²) in [5.74, 6) is 1.42. The third kappa shape index (κ3) is 4.25. The van der Waals surface area contributed by atoms with E-state index in [-0.39, 0.29) is 24.4 Å². The summed E-state index contributed by atoms with van der Waals surface area (Å²) >= 11 is 0. The van der Waals surface area contributed by atoms with E-state index < -0.39 is 0 Å². The van der Waals surface area contributed by atoms with E-state index in [4.69, 9.17) is 4.74 Å². The SMILES string of the molecule is CC1CCC(C(C)C)C(OC(=O)Cn2c(-c3cccc(F)c3)nc3ccccc32)C1. The van der Waals surface area contributed by atoms with Gasteiger partial charge in [-0.15, -0.1) is 0 Å². The maximum atomic E-state index is 13.8. The minimum absolute atomic E-state index is 0.0475. The smallest absolute Gasteiger partial charge is 0.326 e. The Hall–Kier alpha value is -2.69. The molecule has 1 aromatic heterocycles. The first-order valence-corrected chi connectivity index (χ1v) is 10.8. The minimum Gasteiger partial charge on any atom is -0.461 e. The van der Waals surface area contributed by atoms with Gasteiger partial charge in [-0.2, -0.15) is 0 Å². The molecule has 3 aromatic rings. The van der Waals surface area contributed by atoms with Crippen LogP contribution in [0.15, 0.2) is 48.5 Å². The quantitative estimate of drug-likeness (QED) is 0.498. The lowest BCUT2D eigenvalue weighted by molar-refractivity contribution is -0.156. The summed E-state index contributed by atoms with van der Waals surface area (Å²) in [6.45, 7) is 6.69. The Balaban J connectivity index is 1.63. The maximum Gasteiger partial charge on any atom is 0.326 e. The Morgan fingerprint density at radius 3 is 2.77 bits per heavy atom. The molecule has 1 aliphatic rings. The molecule has 1 heterocycles. The van der Waals surface area contributed by atoms with Crippen molar-refractivity contribution in [3.05, 3.63) is 54.3 Å². The summed E-state index contributed by atoms with van der Waals surface area (Å²) in [5.41, 5.74) is 2.26. The summed E-state index contributed by atoms with van der Waals surface area (Å²) in [7, 11) is 0. The van der Waals surface area contributed by atoms with Crippen LogP contribution in [0.5, 0.6) is 0 Å². The lowest BCUT2D eigenvalue weighted by Crippen LogP contribution is -2.36. The van der Waals surface area contributed by atoms with Gasteiger partial charge in [0.2, 0.25) is 0 Å². The van der Waals surface area contributed by atoms with E-state index in [1.165, 1.54) is 18.6 Å². The van der Waals surface area contributed by atoms with Gasteiger partial charge in [-0.3, -0.25) is 4.79 Å². The lowest BCUT2D eigenvalue weighted by Gasteiger charge is -2.36. The summed E-state index contributed by atoms with van der Waals surface area (Å²) in [6.07, 6.45) is 3.15. The highest BCUT2D eigenvalue weighted by Gasteiger charge is 2.33. The average molecular weight is 409 g/mol. The van der Waals surface area contributed by atoms with E-state index in [1.54, 1.807) is 6.07 Å². The number of para-hydroxylation sites is 2. The lowest BCUT2D eigenvalue weighted by atomic mass is 9.75. The zero-order valence-corrected chi connectivity index (χ0v) is 17.8. The molecule has 158 valence electrons. The highest BCUT2D eigenvalue weighted by atomic mass is 19.1. The van der Waals surface area contributed by atoms with Gasteiger partial charge < -0.3 is 9.30 Å². The van der Waals surface area contributed by atoms with E-state index in [0.717, 1.165) is 23.9 Å². The molecule has 3 atom stereocenters. The Labute approximate surface area is 177 Å². The number of hydrogen-bond acceptors (Lipinski definition) is 3. The highest BCUT2D eigenvalue weighted by molar-refractivity contribution is 5.83. The van der Waals surface area contributed by atoms with Crippen LogP contribution in [0.4, 0.5) is 4.39 Å². The van der Waals surface area contributed by atoms with Gasteiger partial charge in [-0.1, -0.05) is 51.5 Å². The van der Waals surface area contributed by atoms with E-state index in [1.807, 2.05) is 34.9 Å². The molecular weight excluding hydrogens is 379 g/mol. The number of halogens is 1. The van der Waals surface area contributed by atoms with Gasteiger partial charge in [-0.05, 0) is 54.9 Å². The number of benzene rings is 2. The number of ether oxygens (including phenoxy) is 1. The first kappa shape index (κ1) is 20.6. The van der Waals surface area contributed by atoms with Crippen LogP contribution in [-0.2, 0) is 16.1 Å². The van der Waals surface area contributed by atoms with Gasteiger partial charge in [0.25, 0.3) is 0 Å². The fourth-order valence-corrected chi connectivity index (χ4v) is 4.67. The van der Waals surface area contributed by atoms with Crippen LogP contribution in [0.3, 0.4) is 0 Å². The monoisotopic (exact) mass is 408 g/mol. The molecule has 5 heteroatoms. The second-order valence-electron chi connectivity index (χ2n) is 8.88.